The van der Waals surface area contributed by atoms with E-state index >= 15 is 0 Å². The molecule has 2 N–H and O–H groups in total. The molecule has 1 rings (SSSR count). The number of rotatable bonds is 4. The molecule has 0 fully saturated rings. The molecule has 0 bridgehead atoms. The van der Waals surface area contributed by atoms with E-state index in [1.54, 1.807) is 13.0 Å². The van der Waals surface area contributed by atoms with Crippen LogP contribution < -0.4 is 5.32 Å². The average molecular weight is 235 g/mol. The molecule has 0 saturated carbocycles. The first-order valence-corrected chi connectivity index (χ1v) is 5.38. The molecule has 1 aromatic carbocycles. The molecule has 0 aliphatic carbocycles. The van der Waals surface area contributed by atoms with Crippen LogP contribution in [0.1, 0.15) is 12.5 Å². The van der Waals surface area contributed by atoms with Crippen LogP contribution in [0.15, 0.2) is 35.9 Å². The summed E-state index contributed by atoms with van der Waals surface area (Å²) < 4.78 is 4.91. The van der Waals surface area contributed by atoms with Gasteiger partial charge in [0.05, 0.1) is 6.61 Å². The molecule has 0 aromatic heterocycles. The fraction of sp³-hybridized carbons (Fsp3) is 0.308. The molecule has 17 heavy (non-hydrogen) atoms. The summed E-state index contributed by atoms with van der Waals surface area (Å²) in [4.78, 5) is 11.3. The lowest BCUT2D eigenvalue weighted by Gasteiger charge is -2.05. The number of aliphatic hydroxyl groups excluding tert-OH is 1. The number of aliphatic hydroxyl groups is 1. The fourth-order valence-electron chi connectivity index (χ4n) is 1.11. The third-order valence-electron chi connectivity index (χ3n) is 2.19. The van der Waals surface area contributed by atoms with Crippen LogP contribution in [0.5, 0.6) is 0 Å². The number of hydrogen-bond acceptors (Lipinski definition) is 3. The molecule has 0 aliphatic rings. The number of nitrogens with one attached hydrogen (secondary N) is 1. The van der Waals surface area contributed by atoms with Crippen molar-refractivity contribution >= 4 is 11.8 Å². The van der Waals surface area contributed by atoms with Crippen molar-refractivity contribution in [1.29, 1.82) is 0 Å². The highest BCUT2D eigenvalue weighted by atomic mass is 16.5. The van der Waals surface area contributed by atoms with Crippen LogP contribution in [0, 0.1) is 6.92 Å². The molecule has 0 unspecified atom stereocenters. The van der Waals surface area contributed by atoms with Crippen LogP contribution in [-0.4, -0.2) is 24.4 Å². The van der Waals surface area contributed by atoms with E-state index in [1.165, 1.54) is 0 Å². The molecule has 0 atom stereocenters. The van der Waals surface area contributed by atoms with E-state index in [1.807, 2.05) is 31.2 Å². The van der Waals surface area contributed by atoms with Crippen LogP contribution in [0.4, 0.5) is 10.5 Å². The molecule has 1 aromatic rings. The van der Waals surface area contributed by atoms with Gasteiger partial charge in [0.1, 0.15) is 6.61 Å². The quantitative estimate of drug-likeness (QED) is 0.788. The zero-order valence-corrected chi connectivity index (χ0v) is 10.1. The molecule has 0 saturated heterocycles. The predicted molar refractivity (Wildman–Crippen MR) is 67.0 cm³/mol. The van der Waals surface area contributed by atoms with Gasteiger partial charge in [-0.2, -0.15) is 0 Å². The maximum Gasteiger partial charge on any atom is 0.411 e. The maximum absolute atomic E-state index is 11.3. The van der Waals surface area contributed by atoms with Crippen LogP contribution in [-0.2, 0) is 4.74 Å². The van der Waals surface area contributed by atoms with Gasteiger partial charge < -0.3 is 9.84 Å². The number of carbonyl (C=O) groups is 1. The van der Waals surface area contributed by atoms with Gasteiger partial charge >= 0.3 is 6.09 Å². The summed E-state index contributed by atoms with van der Waals surface area (Å²) in [5.74, 6) is 0. The Balaban J connectivity index is 2.37. The number of aryl methyl sites for hydroxylation is 1. The van der Waals surface area contributed by atoms with Gasteiger partial charge in [0.15, 0.2) is 0 Å². The Hall–Kier alpha value is -1.81. The molecule has 4 heteroatoms. The highest BCUT2D eigenvalue weighted by Crippen LogP contribution is 2.08. The van der Waals surface area contributed by atoms with Crippen LogP contribution >= 0.6 is 0 Å². The molecule has 0 heterocycles. The van der Waals surface area contributed by atoms with Crippen LogP contribution in [0.25, 0.3) is 0 Å². The van der Waals surface area contributed by atoms with E-state index in [9.17, 15) is 4.79 Å². The zero-order chi connectivity index (χ0) is 12.7. The first kappa shape index (κ1) is 13.3. The first-order valence-electron chi connectivity index (χ1n) is 5.38. The van der Waals surface area contributed by atoms with E-state index in [0.717, 1.165) is 11.1 Å². The van der Waals surface area contributed by atoms with Gasteiger partial charge in [0.25, 0.3) is 0 Å². The van der Waals surface area contributed by atoms with Crippen molar-refractivity contribution in [2.24, 2.45) is 0 Å². The molecule has 1 amide bonds. The topological polar surface area (TPSA) is 58.6 Å². The largest absolute Gasteiger partial charge is 0.445 e. The number of anilines is 1. The van der Waals surface area contributed by atoms with Crippen molar-refractivity contribution in [3.8, 4) is 0 Å². The molecular weight excluding hydrogens is 218 g/mol. The third-order valence-corrected chi connectivity index (χ3v) is 2.19. The number of amides is 1. The molecule has 0 radical (unpaired) electrons. The summed E-state index contributed by atoms with van der Waals surface area (Å²) in [6.45, 7) is 3.87. The summed E-state index contributed by atoms with van der Waals surface area (Å²) in [6.07, 6.45) is 1.16. The van der Waals surface area contributed by atoms with Crippen molar-refractivity contribution in [2.45, 2.75) is 13.8 Å². The lowest BCUT2D eigenvalue weighted by atomic mass is 10.2. The minimum Gasteiger partial charge on any atom is -0.445 e. The Labute approximate surface area is 101 Å². The summed E-state index contributed by atoms with van der Waals surface area (Å²) >= 11 is 0. The predicted octanol–water partition coefficient (Wildman–Crippen LogP) is 2.48. The Morgan fingerprint density at radius 1 is 1.41 bits per heavy atom. The normalized spacial score (nSPS) is 11.1. The molecule has 0 spiro atoms. The fourth-order valence-corrected chi connectivity index (χ4v) is 1.11. The standard InChI is InChI=1S/C13H17NO3/c1-10-3-5-12(6-4-10)14-13(16)17-8-7-11(2)9-15/h3-7,15H,8-9H2,1-2H3,(H,14,16)/b11-7-. The van der Waals surface area contributed by atoms with Gasteiger partial charge in [-0.15, -0.1) is 0 Å². The number of ether oxygens (including phenoxy) is 1. The lowest BCUT2D eigenvalue weighted by Crippen LogP contribution is -2.13. The van der Waals surface area contributed by atoms with Gasteiger partial charge in [-0.25, -0.2) is 4.79 Å². The summed E-state index contributed by atoms with van der Waals surface area (Å²) in [7, 11) is 0. The molecule has 4 nitrogen and oxygen atoms in total. The minimum absolute atomic E-state index is 0.0249. The van der Waals surface area contributed by atoms with Crippen molar-refractivity contribution < 1.29 is 14.6 Å². The maximum atomic E-state index is 11.3. The minimum atomic E-state index is -0.504. The highest BCUT2D eigenvalue weighted by molar-refractivity contribution is 5.84. The highest BCUT2D eigenvalue weighted by Gasteiger charge is 2.01. The van der Waals surface area contributed by atoms with Crippen molar-refractivity contribution in [1.82, 2.24) is 0 Å². The Kier molecular flexibility index (Phi) is 5.23. The summed E-state index contributed by atoms with van der Waals surface area (Å²) in [6, 6.07) is 7.44. The second kappa shape index (κ2) is 6.70. The molecular formula is C13H17NO3. The SMILES string of the molecule is C/C(=C/COC(=O)Nc1ccc(C)cc1)CO. The second-order valence-electron chi connectivity index (χ2n) is 3.80. The smallest absolute Gasteiger partial charge is 0.411 e. The van der Waals surface area contributed by atoms with Gasteiger partial charge in [-0.1, -0.05) is 17.7 Å². The molecule has 0 aliphatic heterocycles. The first-order chi connectivity index (χ1) is 8.11. The van der Waals surface area contributed by atoms with Gasteiger partial charge in [-0.05, 0) is 37.6 Å². The van der Waals surface area contributed by atoms with Gasteiger partial charge in [-0.3, -0.25) is 5.32 Å². The number of benzene rings is 1. The van der Waals surface area contributed by atoms with Gasteiger partial charge in [0, 0.05) is 5.69 Å². The monoisotopic (exact) mass is 235 g/mol. The third kappa shape index (κ3) is 5.17. The van der Waals surface area contributed by atoms with Crippen LogP contribution in [0.3, 0.4) is 0 Å². The molecule has 92 valence electrons. The van der Waals surface area contributed by atoms with E-state index in [-0.39, 0.29) is 13.2 Å². The van der Waals surface area contributed by atoms with Gasteiger partial charge in [0.2, 0.25) is 0 Å². The zero-order valence-electron chi connectivity index (χ0n) is 10.1. The van der Waals surface area contributed by atoms with E-state index in [2.05, 4.69) is 5.32 Å². The lowest BCUT2D eigenvalue weighted by molar-refractivity contribution is 0.173. The van der Waals surface area contributed by atoms with Crippen molar-refractivity contribution in [3.05, 3.63) is 41.5 Å². The van der Waals surface area contributed by atoms with Crippen LogP contribution in [0.2, 0.25) is 0 Å². The number of carbonyl (C=O) groups excluding carboxylic acids is 1. The summed E-state index contributed by atoms with van der Waals surface area (Å²) in [5.41, 5.74) is 2.60. The Morgan fingerprint density at radius 2 is 2.06 bits per heavy atom. The second-order valence-corrected chi connectivity index (χ2v) is 3.80. The Bertz CT molecular complexity index is 396. The van der Waals surface area contributed by atoms with E-state index < -0.39 is 6.09 Å². The van der Waals surface area contributed by atoms with E-state index in [4.69, 9.17) is 9.84 Å². The Morgan fingerprint density at radius 3 is 2.65 bits per heavy atom. The van der Waals surface area contributed by atoms with Crippen molar-refractivity contribution in [3.63, 3.8) is 0 Å². The average Bonchev–Trinajstić information content (AvgIpc) is 2.32. The number of hydrogen-bond donors (Lipinski definition) is 2. The van der Waals surface area contributed by atoms with Crippen molar-refractivity contribution in [2.75, 3.05) is 18.5 Å². The summed E-state index contributed by atoms with van der Waals surface area (Å²) in [5, 5.41) is 11.3. The van der Waals surface area contributed by atoms with E-state index in [0.29, 0.717) is 5.69 Å².